The maximum atomic E-state index is 13.0. The number of amides is 2. The van der Waals surface area contributed by atoms with Crippen molar-refractivity contribution in [2.75, 3.05) is 12.8 Å². The van der Waals surface area contributed by atoms with Gasteiger partial charge in [0.1, 0.15) is 6.04 Å². The zero-order valence-corrected chi connectivity index (χ0v) is 18.3. The van der Waals surface area contributed by atoms with Crippen LogP contribution in [-0.4, -0.2) is 35.6 Å². The van der Waals surface area contributed by atoms with Crippen LogP contribution >= 0.6 is 35.0 Å². The molecule has 0 fully saturated rings. The second-order valence-corrected chi connectivity index (χ2v) is 8.16. The van der Waals surface area contributed by atoms with Crippen LogP contribution < -0.4 is 5.32 Å². The van der Waals surface area contributed by atoms with Gasteiger partial charge in [0.25, 0.3) is 0 Å². The minimum Gasteiger partial charge on any atom is -0.357 e. The van der Waals surface area contributed by atoms with E-state index in [1.54, 1.807) is 24.1 Å². The largest absolute Gasteiger partial charge is 0.357 e. The van der Waals surface area contributed by atoms with Gasteiger partial charge in [-0.05, 0) is 41.8 Å². The highest BCUT2D eigenvalue weighted by atomic mass is 35.5. The normalized spacial score (nSPS) is 11.7. The molecular weight excluding hydrogens is 415 g/mol. The van der Waals surface area contributed by atoms with Crippen LogP contribution in [0.3, 0.4) is 0 Å². The molecule has 0 heterocycles. The highest BCUT2D eigenvalue weighted by Crippen LogP contribution is 2.19. The lowest BCUT2D eigenvalue weighted by atomic mass is 10.1. The molecule has 7 heteroatoms. The van der Waals surface area contributed by atoms with Crippen molar-refractivity contribution in [2.24, 2.45) is 0 Å². The highest BCUT2D eigenvalue weighted by Gasteiger charge is 2.27. The quantitative estimate of drug-likeness (QED) is 0.612. The van der Waals surface area contributed by atoms with E-state index in [0.717, 1.165) is 11.1 Å². The molecule has 1 N–H and O–H groups in total. The van der Waals surface area contributed by atoms with Gasteiger partial charge in [-0.2, -0.15) is 0 Å². The number of carbonyl (C=O) groups is 2. The molecule has 28 heavy (non-hydrogen) atoms. The molecule has 0 saturated heterocycles. The Balaban J connectivity index is 2.07. The number of hydrogen-bond donors (Lipinski definition) is 1. The number of thioether (sulfide) groups is 1. The van der Waals surface area contributed by atoms with Gasteiger partial charge in [0, 0.05) is 29.4 Å². The monoisotopic (exact) mass is 438 g/mol. The first-order valence-electron chi connectivity index (χ1n) is 9.02. The Morgan fingerprint density at radius 2 is 1.54 bits per heavy atom. The summed E-state index contributed by atoms with van der Waals surface area (Å²) in [5.74, 6) is 0.773. The molecule has 4 nitrogen and oxygen atoms in total. The fourth-order valence-corrected chi connectivity index (χ4v) is 3.91. The van der Waals surface area contributed by atoms with E-state index in [9.17, 15) is 9.59 Å². The molecule has 0 aliphatic heterocycles. The molecule has 0 bridgehead atoms. The smallest absolute Gasteiger partial charge is 0.242 e. The van der Waals surface area contributed by atoms with Gasteiger partial charge in [-0.15, -0.1) is 11.8 Å². The fraction of sp³-hybridized carbons (Fsp3) is 0.333. The summed E-state index contributed by atoms with van der Waals surface area (Å²) in [6.45, 7) is 2.27. The average molecular weight is 439 g/mol. The van der Waals surface area contributed by atoms with Crippen LogP contribution in [0.25, 0.3) is 0 Å². The molecule has 0 aliphatic carbocycles. The Bertz CT molecular complexity index is 782. The summed E-state index contributed by atoms with van der Waals surface area (Å²) in [7, 11) is 1.59. The molecule has 0 saturated carbocycles. The molecule has 0 aliphatic rings. The Hall–Kier alpha value is -1.69. The first-order chi connectivity index (χ1) is 13.4. The number of nitrogens with zero attached hydrogens (tertiary/aromatic N) is 1. The first-order valence-corrected chi connectivity index (χ1v) is 10.9. The maximum Gasteiger partial charge on any atom is 0.242 e. The second kappa shape index (κ2) is 11.3. The lowest BCUT2D eigenvalue weighted by Gasteiger charge is -2.30. The molecule has 0 radical (unpaired) electrons. The summed E-state index contributed by atoms with van der Waals surface area (Å²) in [5, 5.41) is 3.99. The predicted molar refractivity (Wildman–Crippen MR) is 118 cm³/mol. The molecule has 2 aromatic rings. The number of carbonyl (C=O) groups excluding carboxylic acids is 2. The Morgan fingerprint density at radius 1 is 1.00 bits per heavy atom. The van der Waals surface area contributed by atoms with Crippen molar-refractivity contribution in [1.29, 1.82) is 0 Å². The fourth-order valence-electron chi connectivity index (χ4n) is 2.79. The summed E-state index contributed by atoms with van der Waals surface area (Å²) in [6, 6.07) is 14.4. The summed E-state index contributed by atoms with van der Waals surface area (Å²) in [6.07, 6.45) is 0.543. The van der Waals surface area contributed by atoms with Crippen molar-refractivity contribution in [2.45, 2.75) is 31.7 Å². The van der Waals surface area contributed by atoms with E-state index >= 15 is 0 Å². The van der Waals surface area contributed by atoms with Crippen LogP contribution in [0.5, 0.6) is 0 Å². The van der Waals surface area contributed by atoms with E-state index < -0.39 is 6.04 Å². The zero-order chi connectivity index (χ0) is 20.5. The van der Waals surface area contributed by atoms with Gasteiger partial charge in [0.15, 0.2) is 0 Å². The second-order valence-electron chi connectivity index (χ2n) is 6.31. The van der Waals surface area contributed by atoms with E-state index in [1.165, 1.54) is 11.8 Å². The summed E-state index contributed by atoms with van der Waals surface area (Å²) in [4.78, 5) is 26.9. The number of likely N-dealkylation sites (N-methyl/N-ethyl adjacent to an activating group) is 1. The molecule has 2 aromatic carbocycles. The standard InChI is InChI=1S/C21H24Cl2N2O2S/c1-3-19(21(27)24-2)25(12-15-4-8-17(22)9-5-15)20(26)14-28-13-16-6-10-18(23)11-7-16/h4-11,19H,3,12-14H2,1-2H3,(H,24,27)/t19-/m1/s1. The maximum absolute atomic E-state index is 13.0. The lowest BCUT2D eigenvalue weighted by Crippen LogP contribution is -2.48. The van der Waals surface area contributed by atoms with Crippen molar-refractivity contribution in [3.63, 3.8) is 0 Å². The van der Waals surface area contributed by atoms with Crippen LogP contribution in [-0.2, 0) is 21.9 Å². The summed E-state index contributed by atoms with van der Waals surface area (Å²) < 4.78 is 0. The topological polar surface area (TPSA) is 49.4 Å². The van der Waals surface area contributed by atoms with Crippen LogP contribution in [0.4, 0.5) is 0 Å². The van der Waals surface area contributed by atoms with E-state index in [2.05, 4.69) is 5.32 Å². The van der Waals surface area contributed by atoms with E-state index in [4.69, 9.17) is 23.2 Å². The molecule has 1 atom stereocenters. The van der Waals surface area contributed by atoms with Gasteiger partial charge in [0.05, 0.1) is 5.75 Å². The Labute approximate surface area is 180 Å². The predicted octanol–water partition coefficient (Wildman–Crippen LogP) is 4.78. The Morgan fingerprint density at radius 3 is 2.04 bits per heavy atom. The van der Waals surface area contributed by atoms with Gasteiger partial charge in [-0.1, -0.05) is 54.4 Å². The number of nitrogens with one attached hydrogen (secondary N) is 1. The van der Waals surface area contributed by atoms with E-state index in [0.29, 0.717) is 34.5 Å². The SMILES string of the molecule is CC[C@H](C(=O)NC)N(Cc1ccc(Cl)cc1)C(=O)CSCc1ccc(Cl)cc1. The average Bonchev–Trinajstić information content (AvgIpc) is 2.70. The van der Waals surface area contributed by atoms with Gasteiger partial charge < -0.3 is 10.2 Å². The number of benzene rings is 2. The Kier molecular flexibility index (Phi) is 9.16. The van der Waals surface area contributed by atoms with Crippen molar-refractivity contribution in [3.8, 4) is 0 Å². The highest BCUT2D eigenvalue weighted by molar-refractivity contribution is 7.99. The van der Waals surface area contributed by atoms with Crippen LogP contribution in [0.1, 0.15) is 24.5 Å². The minimum absolute atomic E-state index is 0.0654. The van der Waals surface area contributed by atoms with Crippen molar-refractivity contribution >= 4 is 46.8 Å². The van der Waals surface area contributed by atoms with Crippen molar-refractivity contribution in [1.82, 2.24) is 10.2 Å². The molecular formula is C21H24Cl2N2O2S. The summed E-state index contributed by atoms with van der Waals surface area (Å²) in [5.41, 5.74) is 2.03. The summed E-state index contributed by atoms with van der Waals surface area (Å²) >= 11 is 13.4. The third kappa shape index (κ3) is 6.73. The first kappa shape index (κ1) is 22.6. The minimum atomic E-state index is -0.510. The van der Waals surface area contributed by atoms with Crippen molar-refractivity contribution in [3.05, 3.63) is 69.7 Å². The van der Waals surface area contributed by atoms with Crippen LogP contribution in [0, 0.1) is 0 Å². The van der Waals surface area contributed by atoms with E-state index in [-0.39, 0.29) is 11.8 Å². The van der Waals surface area contributed by atoms with Gasteiger partial charge in [-0.25, -0.2) is 0 Å². The van der Waals surface area contributed by atoms with Gasteiger partial charge in [-0.3, -0.25) is 9.59 Å². The molecule has 2 rings (SSSR count). The molecule has 150 valence electrons. The molecule has 0 aromatic heterocycles. The molecule has 0 unspecified atom stereocenters. The van der Waals surface area contributed by atoms with Crippen LogP contribution in [0.15, 0.2) is 48.5 Å². The van der Waals surface area contributed by atoms with Crippen molar-refractivity contribution < 1.29 is 9.59 Å². The third-order valence-electron chi connectivity index (χ3n) is 4.31. The lowest BCUT2D eigenvalue weighted by molar-refractivity contribution is -0.139. The number of halogens is 2. The van der Waals surface area contributed by atoms with Gasteiger partial charge >= 0.3 is 0 Å². The molecule has 0 spiro atoms. The number of rotatable bonds is 9. The third-order valence-corrected chi connectivity index (χ3v) is 5.80. The zero-order valence-electron chi connectivity index (χ0n) is 16.0. The van der Waals surface area contributed by atoms with Gasteiger partial charge in [0.2, 0.25) is 11.8 Å². The molecule has 2 amide bonds. The number of hydrogen-bond acceptors (Lipinski definition) is 3. The van der Waals surface area contributed by atoms with Crippen LogP contribution in [0.2, 0.25) is 10.0 Å². The van der Waals surface area contributed by atoms with E-state index in [1.807, 2.05) is 43.3 Å².